The molecular formula is C20H30N4O6. The highest BCUT2D eigenvalue weighted by molar-refractivity contribution is 5.92. The summed E-state index contributed by atoms with van der Waals surface area (Å²) in [7, 11) is 0. The van der Waals surface area contributed by atoms with Gasteiger partial charge < -0.3 is 31.9 Å². The maximum absolute atomic E-state index is 12.1. The molecule has 0 radical (unpaired) electrons. The molecule has 3 atom stereocenters. The first-order valence-corrected chi connectivity index (χ1v) is 9.63. The minimum absolute atomic E-state index is 0.00942. The van der Waals surface area contributed by atoms with E-state index in [0.29, 0.717) is 12.0 Å². The fraction of sp³-hybridized carbons (Fsp3) is 0.500. The number of carboxylic acid groups (broad SMARTS) is 1. The monoisotopic (exact) mass is 422 g/mol. The molecule has 1 aromatic rings. The van der Waals surface area contributed by atoms with E-state index in [1.165, 1.54) is 19.1 Å². The van der Waals surface area contributed by atoms with Crippen LogP contribution in [0.3, 0.4) is 0 Å². The molecule has 10 nitrogen and oxygen atoms in total. The molecule has 10 heteroatoms. The minimum Gasteiger partial charge on any atom is -0.508 e. The normalized spacial score (nSPS) is 13.8. The van der Waals surface area contributed by atoms with Crippen molar-refractivity contribution in [3.05, 3.63) is 29.8 Å². The van der Waals surface area contributed by atoms with E-state index in [1.807, 2.05) is 13.8 Å². The second-order valence-corrected chi connectivity index (χ2v) is 7.51. The average Bonchev–Trinajstić information content (AvgIpc) is 2.66. The molecule has 3 amide bonds. The lowest BCUT2D eigenvalue weighted by Gasteiger charge is -2.19. The van der Waals surface area contributed by atoms with Crippen molar-refractivity contribution in [3.8, 4) is 5.75 Å². The number of hydrogen-bond donors (Lipinski definition) is 6. The van der Waals surface area contributed by atoms with Crippen LogP contribution in [-0.2, 0) is 25.6 Å². The van der Waals surface area contributed by atoms with Crippen LogP contribution in [0.15, 0.2) is 24.3 Å². The molecule has 30 heavy (non-hydrogen) atoms. The first kappa shape index (κ1) is 24.9. The van der Waals surface area contributed by atoms with Gasteiger partial charge in [0.05, 0.1) is 12.6 Å². The van der Waals surface area contributed by atoms with Crippen molar-refractivity contribution in [2.45, 2.75) is 51.7 Å². The Kier molecular flexibility index (Phi) is 9.76. The Morgan fingerprint density at radius 3 is 2.13 bits per heavy atom. The van der Waals surface area contributed by atoms with Crippen molar-refractivity contribution in [1.29, 1.82) is 0 Å². The predicted molar refractivity (Wildman–Crippen MR) is 109 cm³/mol. The maximum Gasteiger partial charge on any atom is 0.326 e. The van der Waals surface area contributed by atoms with Crippen LogP contribution in [0.4, 0.5) is 0 Å². The van der Waals surface area contributed by atoms with E-state index in [1.54, 1.807) is 12.1 Å². The number of aliphatic carboxylic acids is 1. The van der Waals surface area contributed by atoms with Crippen molar-refractivity contribution in [3.63, 3.8) is 0 Å². The molecule has 0 bridgehead atoms. The number of phenols is 1. The second kappa shape index (κ2) is 11.8. The number of phenolic OH excluding ortho intramolecular Hbond substituents is 1. The highest BCUT2D eigenvalue weighted by Gasteiger charge is 2.23. The predicted octanol–water partition coefficient (Wildman–Crippen LogP) is -0.502. The molecule has 166 valence electrons. The number of aromatic hydroxyl groups is 1. The van der Waals surface area contributed by atoms with Crippen molar-refractivity contribution in [1.82, 2.24) is 16.0 Å². The molecule has 7 N–H and O–H groups in total. The average molecular weight is 422 g/mol. The molecule has 0 aliphatic rings. The van der Waals surface area contributed by atoms with E-state index in [0.717, 1.165) is 0 Å². The first-order valence-electron chi connectivity index (χ1n) is 9.63. The van der Waals surface area contributed by atoms with Gasteiger partial charge in [-0.25, -0.2) is 4.79 Å². The number of carbonyl (C=O) groups excluding carboxylic acids is 3. The molecule has 1 rings (SSSR count). The molecule has 3 unspecified atom stereocenters. The highest BCUT2D eigenvalue weighted by Crippen LogP contribution is 2.11. The fourth-order valence-electron chi connectivity index (χ4n) is 2.63. The lowest BCUT2D eigenvalue weighted by atomic mass is 10.0. The summed E-state index contributed by atoms with van der Waals surface area (Å²) in [5.74, 6) is -2.71. The summed E-state index contributed by atoms with van der Waals surface area (Å²) in [4.78, 5) is 47.5. The Balaban J connectivity index is 2.50. The lowest BCUT2D eigenvalue weighted by molar-refractivity contribution is -0.141. The molecule has 1 aromatic carbocycles. The number of nitrogens with two attached hydrogens (primary N) is 1. The van der Waals surface area contributed by atoms with Crippen molar-refractivity contribution in [2.75, 3.05) is 6.54 Å². The topological polar surface area (TPSA) is 171 Å². The smallest absolute Gasteiger partial charge is 0.326 e. The molecule has 0 spiro atoms. The van der Waals surface area contributed by atoms with Crippen molar-refractivity contribution < 1.29 is 29.4 Å². The zero-order valence-electron chi connectivity index (χ0n) is 17.3. The standard InChI is InChI=1S/C20H30N4O6/c1-11(2)8-15(21)19(28)23-12(3)18(27)22-10-17(26)24-16(20(29)30)9-13-4-6-14(25)7-5-13/h4-7,11-12,15-16,25H,8-10,21H2,1-3H3,(H,22,27)(H,23,28)(H,24,26)(H,29,30). The number of rotatable bonds is 11. The maximum atomic E-state index is 12.1. The molecule has 0 heterocycles. The quantitative estimate of drug-likeness (QED) is 0.279. The van der Waals surface area contributed by atoms with Crippen LogP contribution in [-0.4, -0.2) is 58.6 Å². The number of amides is 3. The molecular weight excluding hydrogens is 392 g/mol. The first-order chi connectivity index (χ1) is 14.0. The Labute approximate surface area is 175 Å². The number of nitrogens with one attached hydrogen (secondary N) is 3. The van der Waals surface area contributed by atoms with Crippen LogP contribution in [0.5, 0.6) is 5.75 Å². The van der Waals surface area contributed by atoms with Crippen LogP contribution >= 0.6 is 0 Å². The third-order valence-corrected chi connectivity index (χ3v) is 4.25. The Bertz CT molecular complexity index is 750. The summed E-state index contributed by atoms with van der Waals surface area (Å²) in [6.45, 7) is 4.86. The van der Waals surface area contributed by atoms with Crippen LogP contribution in [0.2, 0.25) is 0 Å². The van der Waals surface area contributed by atoms with E-state index in [9.17, 15) is 29.4 Å². The zero-order chi connectivity index (χ0) is 22.8. The van der Waals surface area contributed by atoms with Gasteiger partial charge in [-0.05, 0) is 37.0 Å². The SMILES string of the molecule is CC(C)CC(N)C(=O)NC(C)C(=O)NCC(=O)NC(Cc1ccc(O)cc1)C(=O)O. The van der Waals surface area contributed by atoms with Gasteiger partial charge in [-0.15, -0.1) is 0 Å². The van der Waals surface area contributed by atoms with Crippen LogP contribution in [0.25, 0.3) is 0 Å². The van der Waals surface area contributed by atoms with Crippen LogP contribution < -0.4 is 21.7 Å². The van der Waals surface area contributed by atoms with Gasteiger partial charge in [0.25, 0.3) is 0 Å². The Morgan fingerprint density at radius 1 is 1.00 bits per heavy atom. The van der Waals surface area contributed by atoms with E-state index >= 15 is 0 Å². The van der Waals surface area contributed by atoms with Crippen molar-refractivity contribution in [2.24, 2.45) is 11.7 Å². The highest BCUT2D eigenvalue weighted by atomic mass is 16.4. The van der Waals surface area contributed by atoms with E-state index in [-0.39, 0.29) is 18.1 Å². The molecule has 0 aliphatic heterocycles. The summed E-state index contributed by atoms with van der Waals surface area (Å²) in [6, 6.07) is 3.08. The molecule has 0 aliphatic carbocycles. The van der Waals surface area contributed by atoms with E-state index in [2.05, 4.69) is 16.0 Å². The van der Waals surface area contributed by atoms with Crippen LogP contribution in [0.1, 0.15) is 32.8 Å². The van der Waals surface area contributed by atoms with Crippen molar-refractivity contribution >= 4 is 23.7 Å². The van der Waals surface area contributed by atoms with Crippen LogP contribution in [0, 0.1) is 5.92 Å². The Morgan fingerprint density at radius 2 is 1.60 bits per heavy atom. The Hall–Kier alpha value is -3.14. The van der Waals surface area contributed by atoms with Gasteiger partial charge >= 0.3 is 5.97 Å². The summed E-state index contributed by atoms with van der Waals surface area (Å²) < 4.78 is 0. The minimum atomic E-state index is -1.23. The molecule has 0 fully saturated rings. The van der Waals surface area contributed by atoms with Gasteiger partial charge in [-0.3, -0.25) is 14.4 Å². The lowest BCUT2D eigenvalue weighted by Crippen LogP contribution is -2.52. The van der Waals surface area contributed by atoms with Gasteiger partial charge in [0.15, 0.2) is 0 Å². The number of carbonyl (C=O) groups is 4. The largest absolute Gasteiger partial charge is 0.508 e. The van der Waals surface area contributed by atoms with Gasteiger partial charge in [0, 0.05) is 6.42 Å². The van der Waals surface area contributed by atoms with E-state index in [4.69, 9.17) is 5.73 Å². The third-order valence-electron chi connectivity index (χ3n) is 4.25. The second-order valence-electron chi connectivity index (χ2n) is 7.51. The molecule has 0 aromatic heterocycles. The third kappa shape index (κ3) is 8.91. The number of carboxylic acids is 1. The van der Waals surface area contributed by atoms with Gasteiger partial charge in [-0.1, -0.05) is 26.0 Å². The zero-order valence-corrected chi connectivity index (χ0v) is 17.3. The number of benzene rings is 1. The summed E-state index contributed by atoms with van der Waals surface area (Å²) in [6.07, 6.45) is 0.482. The summed E-state index contributed by atoms with van der Waals surface area (Å²) in [5.41, 5.74) is 6.38. The molecule has 0 saturated heterocycles. The van der Waals surface area contributed by atoms with Gasteiger partial charge in [0.1, 0.15) is 17.8 Å². The van der Waals surface area contributed by atoms with E-state index < -0.39 is 48.4 Å². The van der Waals surface area contributed by atoms with Gasteiger partial charge in [0.2, 0.25) is 17.7 Å². The fourth-order valence-corrected chi connectivity index (χ4v) is 2.63. The summed E-state index contributed by atoms with van der Waals surface area (Å²) in [5, 5.41) is 25.7. The van der Waals surface area contributed by atoms with Gasteiger partial charge in [-0.2, -0.15) is 0 Å². The summed E-state index contributed by atoms with van der Waals surface area (Å²) >= 11 is 0. The molecule has 0 saturated carbocycles. The number of hydrogen-bond acceptors (Lipinski definition) is 6.